The SMILES string of the molecule is CCNC(=NCC1CCCOC1c1ccccc1)N1CCN(C(C)=O)CC1.I. The van der Waals surface area contributed by atoms with Crippen LogP contribution < -0.4 is 5.32 Å². The fraction of sp³-hybridized carbons (Fsp3) is 0.619. The molecular weight excluding hydrogens is 467 g/mol. The van der Waals surface area contributed by atoms with E-state index >= 15 is 0 Å². The number of nitrogens with zero attached hydrogens (tertiary/aromatic N) is 3. The Kier molecular flexibility index (Phi) is 9.50. The first-order valence-corrected chi connectivity index (χ1v) is 10.1. The molecule has 2 atom stereocenters. The molecule has 2 unspecified atom stereocenters. The highest BCUT2D eigenvalue weighted by Gasteiger charge is 2.28. The third-order valence-corrected chi connectivity index (χ3v) is 5.41. The minimum Gasteiger partial charge on any atom is -0.373 e. The van der Waals surface area contributed by atoms with Crippen LogP contribution in [-0.2, 0) is 9.53 Å². The molecule has 1 aromatic carbocycles. The second kappa shape index (κ2) is 11.6. The molecule has 2 aliphatic heterocycles. The highest BCUT2D eigenvalue weighted by molar-refractivity contribution is 14.0. The van der Waals surface area contributed by atoms with Crippen molar-refractivity contribution < 1.29 is 9.53 Å². The number of benzene rings is 1. The van der Waals surface area contributed by atoms with E-state index in [2.05, 4.69) is 41.4 Å². The molecule has 2 aliphatic rings. The molecule has 1 N–H and O–H groups in total. The van der Waals surface area contributed by atoms with Gasteiger partial charge in [-0.15, -0.1) is 24.0 Å². The number of carbonyl (C=O) groups excluding carboxylic acids is 1. The zero-order valence-corrected chi connectivity index (χ0v) is 19.3. The Morgan fingerprint density at radius 1 is 1.18 bits per heavy atom. The van der Waals surface area contributed by atoms with Crippen LogP contribution in [0.4, 0.5) is 0 Å². The van der Waals surface area contributed by atoms with Gasteiger partial charge < -0.3 is 19.9 Å². The topological polar surface area (TPSA) is 57.2 Å². The van der Waals surface area contributed by atoms with Crippen molar-refractivity contribution in [1.82, 2.24) is 15.1 Å². The van der Waals surface area contributed by atoms with Crippen molar-refractivity contribution in [2.24, 2.45) is 10.9 Å². The summed E-state index contributed by atoms with van der Waals surface area (Å²) in [6.07, 6.45) is 2.36. The number of halogens is 1. The van der Waals surface area contributed by atoms with Gasteiger partial charge in [0.1, 0.15) is 0 Å². The highest BCUT2D eigenvalue weighted by Crippen LogP contribution is 2.33. The summed E-state index contributed by atoms with van der Waals surface area (Å²) in [7, 11) is 0. The number of nitrogens with one attached hydrogen (secondary N) is 1. The second-order valence-electron chi connectivity index (χ2n) is 7.29. The molecule has 6 nitrogen and oxygen atoms in total. The minimum atomic E-state index is 0. The molecule has 3 rings (SSSR count). The number of rotatable bonds is 4. The number of aliphatic imine (C=N–C) groups is 1. The van der Waals surface area contributed by atoms with Gasteiger partial charge in [-0.3, -0.25) is 9.79 Å². The van der Waals surface area contributed by atoms with Crippen LogP contribution in [0.2, 0.25) is 0 Å². The monoisotopic (exact) mass is 500 g/mol. The number of carbonyl (C=O) groups is 1. The lowest BCUT2D eigenvalue weighted by atomic mass is 9.89. The number of hydrogen-bond donors (Lipinski definition) is 1. The Morgan fingerprint density at radius 2 is 1.86 bits per heavy atom. The predicted octanol–water partition coefficient (Wildman–Crippen LogP) is 2.90. The molecule has 0 spiro atoms. The fourth-order valence-corrected chi connectivity index (χ4v) is 3.90. The summed E-state index contributed by atoms with van der Waals surface area (Å²) in [5.74, 6) is 1.51. The molecule has 1 aromatic rings. The largest absolute Gasteiger partial charge is 0.373 e. The summed E-state index contributed by atoms with van der Waals surface area (Å²) in [5.41, 5.74) is 1.25. The van der Waals surface area contributed by atoms with Gasteiger partial charge in [-0.1, -0.05) is 30.3 Å². The van der Waals surface area contributed by atoms with Crippen molar-refractivity contribution in [1.29, 1.82) is 0 Å². The van der Waals surface area contributed by atoms with Crippen molar-refractivity contribution >= 4 is 35.8 Å². The Labute approximate surface area is 185 Å². The van der Waals surface area contributed by atoms with Gasteiger partial charge in [-0.2, -0.15) is 0 Å². The van der Waals surface area contributed by atoms with Gasteiger partial charge in [0.15, 0.2) is 5.96 Å². The first kappa shape index (κ1) is 22.9. The van der Waals surface area contributed by atoms with E-state index in [1.165, 1.54) is 5.56 Å². The summed E-state index contributed by atoms with van der Waals surface area (Å²) >= 11 is 0. The Morgan fingerprint density at radius 3 is 2.50 bits per heavy atom. The summed E-state index contributed by atoms with van der Waals surface area (Å²) in [6, 6.07) is 10.5. The van der Waals surface area contributed by atoms with Gasteiger partial charge >= 0.3 is 0 Å². The Balaban J connectivity index is 0.00000280. The van der Waals surface area contributed by atoms with Gasteiger partial charge in [0.2, 0.25) is 5.91 Å². The maximum Gasteiger partial charge on any atom is 0.219 e. The van der Waals surface area contributed by atoms with E-state index in [0.717, 1.165) is 64.7 Å². The van der Waals surface area contributed by atoms with Gasteiger partial charge in [-0.05, 0) is 25.3 Å². The summed E-state index contributed by atoms with van der Waals surface area (Å²) in [4.78, 5) is 20.7. The molecule has 0 aliphatic carbocycles. The van der Waals surface area contributed by atoms with Crippen molar-refractivity contribution in [3.05, 3.63) is 35.9 Å². The highest BCUT2D eigenvalue weighted by atomic mass is 127. The molecule has 156 valence electrons. The summed E-state index contributed by atoms with van der Waals surface area (Å²) < 4.78 is 6.11. The van der Waals surface area contributed by atoms with Gasteiger partial charge in [-0.25, -0.2) is 0 Å². The number of piperazine rings is 1. The molecule has 7 heteroatoms. The lowest BCUT2D eigenvalue weighted by Gasteiger charge is -2.36. The fourth-order valence-electron chi connectivity index (χ4n) is 3.90. The molecule has 0 bridgehead atoms. The van der Waals surface area contributed by atoms with E-state index in [0.29, 0.717) is 5.92 Å². The van der Waals surface area contributed by atoms with Crippen LogP contribution in [0.25, 0.3) is 0 Å². The average molecular weight is 500 g/mol. The van der Waals surface area contributed by atoms with Crippen molar-refractivity contribution in [3.63, 3.8) is 0 Å². The molecule has 2 fully saturated rings. The van der Waals surface area contributed by atoms with Crippen LogP contribution in [0.1, 0.15) is 38.4 Å². The molecular formula is C21H33IN4O2. The van der Waals surface area contributed by atoms with Crippen molar-refractivity contribution in [2.75, 3.05) is 45.9 Å². The minimum absolute atomic E-state index is 0. The van der Waals surface area contributed by atoms with Gasteiger partial charge in [0, 0.05) is 58.7 Å². The van der Waals surface area contributed by atoms with E-state index in [-0.39, 0.29) is 36.0 Å². The molecule has 1 amide bonds. The Hall–Kier alpha value is -1.35. The number of amides is 1. The lowest BCUT2D eigenvalue weighted by Crippen LogP contribution is -2.53. The number of guanidine groups is 1. The number of hydrogen-bond acceptors (Lipinski definition) is 3. The van der Waals surface area contributed by atoms with Crippen LogP contribution in [0.5, 0.6) is 0 Å². The third-order valence-electron chi connectivity index (χ3n) is 5.41. The zero-order valence-electron chi connectivity index (χ0n) is 17.0. The van der Waals surface area contributed by atoms with Crippen molar-refractivity contribution in [3.8, 4) is 0 Å². The molecule has 28 heavy (non-hydrogen) atoms. The average Bonchev–Trinajstić information content (AvgIpc) is 2.72. The molecule has 0 aromatic heterocycles. The molecule has 0 saturated carbocycles. The van der Waals surface area contributed by atoms with Crippen LogP contribution in [0.15, 0.2) is 35.3 Å². The molecule has 2 heterocycles. The van der Waals surface area contributed by atoms with Gasteiger partial charge in [0.05, 0.1) is 6.10 Å². The maximum atomic E-state index is 11.6. The van der Waals surface area contributed by atoms with Crippen LogP contribution in [0.3, 0.4) is 0 Å². The maximum absolute atomic E-state index is 11.6. The van der Waals surface area contributed by atoms with Crippen molar-refractivity contribution in [2.45, 2.75) is 32.8 Å². The van der Waals surface area contributed by atoms with E-state index in [1.54, 1.807) is 6.92 Å². The summed E-state index contributed by atoms with van der Waals surface area (Å²) in [6.45, 7) is 9.34. The van der Waals surface area contributed by atoms with Crippen LogP contribution >= 0.6 is 24.0 Å². The normalized spacial score (nSPS) is 23.1. The molecule has 2 saturated heterocycles. The van der Waals surface area contributed by atoms with E-state index in [9.17, 15) is 4.79 Å². The van der Waals surface area contributed by atoms with E-state index in [1.807, 2.05) is 11.0 Å². The molecule has 0 radical (unpaired) electrons. The van der Waals surface area contributed by atoms with Gasteiger partial charge in [0.25, 0.3) is 0 Å². The van der Waals surface area contributed by atoms with E-state index < -0.39 is 0 Å². The first-order chi connectivity index (χ1) is 13.2. The standard InChI is InChI=1S/C21H32N4O2.HI/c1-3-22-21(25-13-11-24(12-14-25)17(2)26)23-16-19-10-7-15-27-20(19)18-8-5-4-6-9-18;/h4-6,8-9,19-20H,3,7,10-16H2,1-2H3,(H,22,23);1H. The summed E-state index contributed by atoms with van der Waals surface area (Å²) in [5, 5.41) is 3.42. The zero-order chi connectivity index (χ0) is 19.1. The smallest absolute Gasteiger partial charge is 0.219 e. The van der Waals surface area contributed by atoms with Crippen LogP contribution in [0, 0.1) is 5.92 Å². The number of ether oxygens (including phenoxy) is 1. The predicted molar refractivity (Wildman–Crippen MR) is 123 cm³/mol. The first-order valence-electron chi connectivity index (χ1n) is 10.1. The van der Waals surface area contributed by atoms with E-state index in [4.69, 9.17) is 9.73 Å². The quantitative estimate of drug-likeness (QED) is 0.393. The third kappa shape index (κ3) is 6.07. The second-order valence-corrected chi connectivity index (χ2v) is 7.29. The van der Waals surface area contributed by atoms with Crippen LogP contribution in [-0.4, -0.2) is 67.5 Å². The Bertz CT molecular complexity index is 633. The lowest BCUT2D eigenvalue weighted by molar-refractivity contribution is -0.130.